The standard InChI is InChI=1S/C23H19N3O4/c1-11-3-4-15-12(5-11)6-16(24-15)21(28)26-10-13-9-23(13)14-7-17(22(29)30-2)25-20(14)18(27)8-19(23)26/h3-8,13,24-25H,9-10H2,1-2H3/t13-,23-/m1/s1. The number of fused-ring (bicyclic) bond motifs is 2. The lowest BCUT2D eigenvalue weighted by Gasteiger charge is -2.27. The van der Waals surface area contributed by atoms with Crippen molar-refractivity contribution in [1.82, 2.24) is 14.9 Å². The number of rotatable bonds is 2. The molecule has 1 amide bonds. The van der Waals surface area contributed by atoms with Gasteiger partial charge in [-0.25, -0.2) is 4.79 Å². The Balaban J connectivity index is 1.40. The van der Waals surface area contributed by atoms with Crippen LogP contribution in [0.5, 0.6) is 0 Å². The number of amides is 1. The summed E-state index contributed by atoms with van der Waals surface area (Å²) in [5.41, 5.74) is 4.41. The molecule has 30 heavy (non-hydrogen) atoms. The minimum Gasteiger partial charge on any atom is -0.464 e. The van der Waals surface area contributed by atoms with Gasteiger partial charge in [0.25, 0.3) is 5.91 Å². The molecule has 1 aliphatic heterocycles. The first-order valence-electron chi connectivity index (χ1n) is 9.92. The van der Waals surface area contributed by atoms with Gasteiger partial charge in [-0.15, -0.1) is 0 Å². The number of benzene rings is 1. The number of aromatic amines is 2. The molecule has 2 atom stereocenters. The summed E-state index contributed by atoms with van der Waals surface area (Å²) in [6, 6.07) is 9.58. The zero-order chi connectivity index (χ0) is 20.8. The number of allylic oxidation sites excluding steroid dienone is 2. The number of carbonyl (C=O) groups is 3. The van der Waals surface area contributed by atoms with Crippen molar-refractivity contribution in [3.8, 4) is 0 Å². The maximum atomic E-state index is 13.4. The van der Waals surface area contributed by atoms with Crippen molar-refractivity contribution >= 4 is 28.6 Å². The highest BCUT2D eigenvalue weighted by molar-refractivity contribution is 6.10. The Morgan fingerprint density at radius 3 is 2.80 bits per heavy atom. The van der Waals surface area contributed by atoms with Crippen molar-refractivity contribution in [2.24, 2.45) is 5.92 Å². The molecule has 6 rings (SSSR count). The van der Waals surface area contributed by atoms with Crippen LogP contribution in [0.25, 0.3) is 10.9 Å². The van der Waals surface area contributed by atoms with E-state index in [0.29, 0.717) is 17.9 Å². The number of carbonyl (C=O) groups excluding carboxylic acids is 3. The van der Waals surface area contributed by atoms with Crippen LogP contribution in [0.3, 0.4) is 0 Å². The van der Waals surface area contributed by atoms with Crippen molar-refractivity contribution in [2.45, 2.75) is 18.8 Å². The number of ketones is 1. The fraction of sp³-hybridized carbons (Fsp3) is 0.261. The van der Waals surface area contributed by atoms with Crippen LogP contribution >= 0.6 is 0 Å². The normalized spacial score (nSPS) is 23.7. The molecule has 0 radical (unpaired) electrons. The van der Waals surface area contributed by atoms with Gasteiger partial charge in [0.1, 0.15) is 11.4 Å². The molecule has 2 N–H and O–H groups in total. The van der Waals surface area contributed by atoms with Gasteiger partial charge in [0, 0.05) is 34.6 Å². The summed E-state index contributed by atoms with van der Waals surface area (Å²) < 4.78 is 4.79. The van der Waals surface area contributed by atoms with Gasteiger partial charge in [-0.05, 0) is 49.1 Å². The maximum Gasteiger partial charge on any atom is 0.354 e. The largest absolute Gasteiger partial charge is 0.464 e. The third kappa shape index (κ3) is 2.06. The molecule has 1 aromatic carbocycles. The van der Waals surface area contributed by atoms with Crippen molar-refractivity contribution in [3.63, 3.8) is 0 Å². The molecule has 2 aromatic heterocycles. The van der Waals surface area contributed by atoms with Gasteiger partial charge < -0.3 is 19.6 Å². The Kier molecular flexibility index (Phi) is 3.17. The van der Waals surface area contributed by atoms with Gasteiger partial charge in [0.2, 0.25) is 5.78 Å². The number of aryl methyl sites for hydroxylation is 1. The fourth-order valence-corrected chi connectivity index (χ4v) is 5.22. The van der Waals surface area contributed by atoms with Crippen LogP contribution in [-0.2, 0) is 10.2 Å². The van der Waals surface area contributed by atoms with Gasteiger partial charge in [0.05, 0.1) is 12.8 Å². The van der Waals surface area contributed by atoms with Gasteiger partial charge in [0.15, 0.2) is 0 Å². The molecule has 0 unspecified atom stereocenters. The first kappa shape index (κ1) is 17.3. The van der Waals surface area contributed by atoms with E-state index in [-0.39, 0.29) is 28.7 Å². The van der Waals surface area contributed by atoms with Gasteiger partial charge in [-0.3, -0.25) is 9.59 Å². The number of aromatic nitrogens is 2. The quantitative estimate of drug-likeness (QED) is 0.645. The molecule has 2 fully saturated rings. The number of hydrogen-bond acceptors (Lipinski definition) is 4. The van der Waals surface area contributed by atoms with Gasteiger partial charge >= 0.3 is 5.97 Å². The summed E-state index contributed by atoms with van der Waals surface area (Å²) in [6.45, 7) is 2.58. The van der Waals surface area contributed by atoms with E-state index in [1.807, 2.05) is 31.2 Å². The van der Waals surface area contributed by atoms with E-state index in [1.165, 1.54) is 7.11 Å². The lowest BCUT2D eigenvalue weighted by atomic mass is 9.85. The minimum atomic E-state index is -0.508. The number of hydrogen-bond donors (Lipinski definition) is 2. The molecular weight excluding hydrogens is 382 g/mol. The van der Waals surface area contributed by atoms with Gasteiger partial charge in [-0.2, -0.15) is 0 Å². The summed E-state index contributed by atoms with van der Waals surface area (Å²) in [5.74, 6) is -0.626. The second-order valence-corrected chi connectivity index (χ2v) is 8.42. The number of methoxy groups -OCH3 is 1. The van der Waals surface area contributed by atoms with E-state index in [2.05, 4.69) is 9.97 Å². The van der Waals surface area contributed by atoms with Gasteiger partial charge in [-0.1, -0.05) is 11.6 Å². The monoisotopic (exact) mass is 401 g/mol. The van der Waals surface area contributed by atoms with E-state index < -0.39 is 5.97 Å². The second-order valence-electron chi connectivity index (χ2n) is 8.42. The third-order valence-electron chi connectivity index (χ3n) is 6.73. The summed E-state index contributed by atoms with van der Waals surface area (Å²) in [4.78, 5) is 46.0. The highest BCUT2D eigenvalue weighted by Crippen LogP contribution is 2.66. The van der Waals surface area contributed by atoms with Crippen LogP contribution in [0.15, 0.2) is 42.1 Å². The highest BCUT2D eigenvalue weighted by Gasteiger charge is 2.67. The molecular formula is C23H19N3O4. The summed E-state index contributed by atoms with van der Waals surface area (Å²) in [5, 5.41) is 0.988. The molecule has 1 saturated heterocycles. The zero-order valence-electron chi connectivity index (χ0n) is 16.5. The summed E-state index contributed by atoms with van der Waals surface area (Å²) >= 11 is 0. The number of nitrogens with one attached hydrogen (secondary N) is 2. The third-order valence-corrected chi connectivity index (χ3v) is 6.73. The lowest BCUT2D eigenvalue weighted by molar-refractivity contribution is 0.0594. The molecule has 1 saturated carbocycles. The van der Waals surface area contributed by atoms with Crippen molar-refractivity contribution in [3.05, 3.63) is 70.3 Å². The highest BCUT2D eigenvalue weighted by atomic mass is 16.5. The maximum absolute atomic E-state index is 13.4. The predicted molar refractivity (Wildman–Crippen MR) is 108 cm³/mol. The van der Waals surface area contributed by atoms with Crippen LogP contribution in [0.2, 0.25) is 0 Å². The van der Waals surface area contributed by atoms with E-state index >= 15 is 0 Å². The molecule has 2 aliphatic carbocycles. The first-order valence-corrected chi connectivity index (χ1v) is 9.92. The number of nitrogens with zero attached hydrogens (tertiary/aromatic N) is 1. The topological polar surface area (TPSA) is 95.3 Å². The molecule has 7 nitrogen and oxygen atoms in total. The number of H-pyrrole nitrogens is 2. The molecule has 3 aromatic rings. The number of piperidine rings is 1. The van der Waals surface area contributed by atoms with E-state index in [4.69, 9.17) is 4.74 Å². The molecule has 150 valence electrons. The second kappa shape index (κ2) is 5.50. The number of ether oxygens (including phenoxy) is 1. The minimum absolute atomic E-state index is 0.137. The molecule has 0 bridgehead atoms. The number of esters is 1. The Morgan fingerprint density at radius 2 is 2.00 bits per heavy atom. The van der Waals surface area contributed by atoms with E-state index in [1.54, 1.807) is 17.0 Å². The van der Waals surface area contributed by atoms with Crippen LogP contribution in [0.1, 0.15) is 49.0 Å². The molecule has 3 aliphatic rings. The van der Waals surface area contributed by atoms with Crippen LogP contribution in [-0.4, -0.2) is 46.2 Å². The summed E-state index contributed by atoms with van der Waals surface area (Å²) in [6.07, 6.45) is 2.42. The first-order chi connectivity index (χ1) is 14.4. The average Bonchev–Trinajstić information content (AvgIpc) is 3.08. The van der Waals surface area contributed by atoms with Crippen molar-refractivity contribution in [2.75, 3.05) is 13.7 Å². The van der Waals surface area contributed by atoms with Crippen LogP contribution < -0.4 is 0 Å². The molecule has 7 heteroatoms. The Hall–Kier alpha value is -3.61. The number of likely N-dealkylation sites (tertiary alicyclic amines) is 1. The predicted octanol–water partition coefficient (Wildman–Crippen LogP) is 3.08. The summed E-state index contributed by atoms with van der Waals surface area (Å²) in [7, 11) is 1.31. The fourth-order valence-electron chi connectivity index (χ4n) is 5.22. The van der Waals surface area contributed by atoms with Crippen molar-refractivity contribution in [1.29, 1.82) is 0 Å². The van der Waals surface area contributed by atoms with E-state index in [9.17, 15) is 14.4 Å². The zero-order valence-corrected chi connectivity index (χ0v) is 16.5. The smallest absolute Gasteiger partial charge is 0.354 e. The Morgan fingerprint density at radius 1 is 1.17 bits per heavy atom. The van der Waals surface area contributed by atoms with Crippen molar-refractivity contribution < 1.29 is 19.1 Å². The Bertz CT molecular complexity index is 1330. The van der Waals surface area contributed by atoms with Crippen LogP contribution in [0.4, 0.5) is 0 Å². The SMILES string of the molecule is COC(=O)c1cc2c([nH]1)C(=O)C=C1N(C(=O)c3cc4cc(C)ccc4[nH]3)C[C@H]3C[C@]123. The molecule has 3 heterocycles. The molecule has 1 spiro atoms. The van der Waals surface area contributed by atoms with Crippen LogP contribution in [0, 0.1) is 12.8 Å². The average molecular weight is 401 g/mol. The lowest BCUT2D eigenvalue weighted by Crippen LogP contribution is -2.33. The Labute approximate surface area is 171 Å². The van der Waals surface area contributed by atoms with E-state index in [0.717, 1.165) is 34.1 Å².